The van der Waals surface area contributed by atoms with E-state index in [0.717, 1.165) is 17.5 Å². The normalized spacial score (nSPS) is 18.3. The lowest BCUT2D eigenvalue weighted by atomic mass is 10.0. The van der Waals surface area contributed by atoms with Crippen LogP contribution in [0.15, 0.2) is 65.8 Å². The molecule has 2 heterocycles. The van der Waals surface area contributed by atoms with E-state index in [0.29, 0.717) is 18.0 Å². The van der Waals surface area contributed by atoms with Gasteiger partial charge in [0, 0.05) is 19.3 Å². The molecule has 0 radical (unpaired) electrons. The first-order valence-electron chi connectivity index (χ1n) is 8.57. The molecule has 1 atom stereocenters. The maximum absolute atomic E-state index is 12.9. The summed E-state index contributed by atoms with van der Waals surface area (Å²) in [6.07, 6.45) is 4.13. The second kappa shape index (κ2) is 6.66. The minimum absolute atomic E-state index is 0.0406. The van der Waals surface area contributed by atoms with E-state index >= 15 is 0 Å². The van der Waals surface area contributed by atoms with Gasteiger partial charge in [0.1, 0.15) is 0 Å². The van der Waals surface area contributed by atoms with Gasteiger partial charge >= 0.3 is 0 Å². The number of hydrogen-bond donors (Lipinski definition) is 0. The Morgan fingerprint density at radius 1 is 1.08 bits per heavy atom. The molecule has 1 aromatic heterocycles. The summed E-state index contributed by atoms with van der Waals surface area (Å²) in [6, 6.07) is 15.3. The highest BCUT2D eigenvalue weighted by molar-refractivity contribution is 7.89. The van der Waals surface area contributed by atoms with E-state index in [4.69, 9.17) is 0 Å². The molecule has 4 rings (SSSR count). The predicted molar refractivity (Wildman–Crippen MR) is 99.0 cm³/mol. The molecule has 26 heavy (non-hydrogen) atoms. The van der Waals surface area contributed by atoms with Crippen molar-refractivity contribution in [3.05, 3.63) is 66.5 Å². The number of hydrogen-bond acceptors (Lipinski definition) is 4. The highest BCUT2D eigenvalue weighted by atomic mass is 32.2. The van der Waals surface area contributed by atoms with Crippen molar-refractivity contribution < 1.29 is 8.42 Å². The van der Waals surface area contributed by atoms with Crippen LogP contribution in [0.4, 0.5) is 0 Å². The molecule has 1 fully saturated rings. The zero-order chi connectivity index (χ0) is 18.1. The number of aryl methyl sites for hydroxylation is 1. The summed E-state index contributed by atoms with van der Waals surface area (Å²) in [7, 11) is -3.50. The van der Waals surface area contributed by atoms with Gasteiger partial charge in [-0.25, -0.2) is 13.1 Å². The molecule has 1 aliphatic heterocycles. The summed E-state index contributed by atoms with van der Waals surface area (Å²) in [5.74, 6) is 0. The van der Waals surface area contributed by atoms with Crippen LogP contribution in [0.2, 0.25) is 0 Å². The van der Waals surface area contributed by atoms with Gasteiger partial charge in [0.2, 0.25) is 10.0 Å². The van der Waals surface area contributed by atoms with Crippen molar-refractivity contribution in [1.29, 1.82) is 0 Å². The Hall–Kier alpha value is -2.51. The first kappa shape index (κ1) is 16.9. The Morgan fingerprint density at radius 3 is 2.58 bits per heavy atom. The van der Waals surface area contributed by atoms with Gasteiger partial charge in [-0.1, -0.05) is 47.2 Å². The van der Waals surface area contributed by atoms with Crippen LogP contribution in [-0.4, -0.2) is 40.8 Å². The van der Waals surface area contributed by atoms with Crippen LogP contribution in [0.1, 0.15) is 18.0 Å². The molecule has 1 aliphatic rings. The summed E-state index contributed by atoms with van der Waals surface area (Å²) in [5, 5.41) is 7.79. The Balaban J connectivity index is 1.55. The minimum atomic E-state index is -3.50. The molecule has 0 saturated carbocycles. The van der Waals surface area contributed by atoms with Crippen LogP contribution in [0.3, 0.4) is 0 Å². The second-order valence-electron chi connectivity index (χ2n) is 6.58. The minimum Gasteiger partial charge on any atom is -0.248 e. The highest BCUT2D eigenvalue weighted by Gasteiger charge is 2.33. The van der Waals surface area contributed by atoms with Gasteiger partial charge in [0.25, 0.3) is 0 Å². The zero-order valence-corrected chi connectivity index (χ0v) is 15.3. The van der Waals surface area contributed by atoms with Gasteiger partial charge in [-0.2, -0.15) is 4.31 Å². The van der Waals surface area contributed by atoms with Crippen LogP contribution in [-0.2, 0) is 10.0 Å². The maximum Gasteiger partial charge on any atom is 0.243 e. The molecule has 0 N–H and O–H groups in total. The van der Waals surface area contributed by atoms with Gasteiger partial charge in [0.15, 0.2) is 0 Å². The lowest BCUT2D eigenvalue weighted by molar-refractivity contribution is 0.428. The molecule has 6 nitrogen and oxygen atoms in total. The Kier molecular flexibility index (Phi) is 4.34. The number of rotatable bonds is 4. The number of benzene rings is 2. The van der Waals surface area contributed by atoms with Gasteiger partial charge in [-0.05, 0) is 36.6 Å². The van der Waals surface area contributed by atoms with Crippen molar-refractivity contribution >= 4 is 10.0 Å². The number of sulfonamides is 1. The zero-order valence-electron chi connectivity index (χ0n) is 14.5. The van der Waals surface area contributed by atoms with Crippen molar-refractivity contribution in [2.45, 2.75) is 24.3 Å². The topological polar surface area (TPSA) is 68.1 Å². The first-order valence-corrected chi connectivity index (χ1v) is 10.0. The Morgan fingerprint density at radius 2 is 1.88 bits per heavy atom. The van der Waals surface area contributed by atoms with Crippen molar-refractivity contribution in [1.82, 2.24) is 19.3 Å². The van der Waals surface area contributed by atoms with Gasteiger partial charge in [-0.15, -0.1) is 5.10 Å². The van der Waals surface area contributed by atoms with Crippen LogP contribution in [0.25, 0.3) is 11.1 Å². The van der Waals surface area contributed by atoms with E-state index < -0.39 is 10.0 Å². The summed E-state index contributed by atoms with van der Waals surface area (Å²) in [5.41, 5.74) is 3.27. The molecule has 7 heteroatoms. The molecule has 0 aliphatic carbocycles. The van der Waals surface area contributed by atoms with Gasteiger partial charge < -0.3 is 0 Å². The number of nitrogens with zero attached hydrogens (tertiary/aromatic N) is 4. The Labute approximate surface area is 153 Å². The van der Waals surface area contributed by atoms with Crippen LogP contribution in [0, 0.1) is 6.92 Å². The SMILES string of the molecule is Cc1cccc(-c2ccc(S(=O)(=O)N3CCC(n4ccnn4)C3)cc2)c1. The molecule has 2 aromatic carbocycles. The van der Waals surface area contributed by atoms with Crippen molar-refractivity contribution in [3.8, 4) is 11.1 Å². The standard InChI is InChI=1S/C19H20N4O2S/c1-15-3-2-4-17(13-15)16-5-7-19(8-6-16)26(24,25)22-11-9-18(14-22)23-12-10-20-21-23/h2-8,10,12-13,18H,9,11,14H2,1H3. The van der Waals surface area contributed by atoms with Gasteiger partial charge in [-0.3, -0.25) is 0 Å². The lowest BCUT2D eigenvalue weighted by Crippen LogP contribution is -2.29. The molecular formula is C19H20N4O2S. The third-order valence-corrected chi connectivity index (χ3v) is 6.66. The molecule has 1 unspecified atom stereocenters. The van der Waals surface area contributed by atoms with E-state index in [2.05, 4.69) is 16.4 Å². The Bertz CT molecular complexity index is 998. The fourth-order valence-corrected chi connectivity index (χ4v) is 4.84. The summed E-state index contributed by atoms with van der Waals surface area (Å²) < 4.78 is 29.1. The fraction of sp³-hybridized carbons (Fsp3) is 0.263. The third kappa shape index (κ3) is 3.15. The molecule has 3 aromatic rings. The van der Waals surface area contributed by atoms with E-state index in [1.807, 2.05) is 37.3 Å². The molecule has 1 saturated heterocycles. The van der Waals surface area contributed by atoms with Crippen LogP contribution >= 0.6 is 0 Å². The smallest absolute Gasteiger partial charge is 0.243 e. The summed E-state index contributed by atoms with van der Waals surface area (Å²) in [4.78, 5) is 0.327. The van der Waals surface area contributed by atoms with E-state index in [-0.39, 0.29) is 6.04 Å². The predicted octanol–water partition coefficient (Wildman–Crippen LogP) is 2.89. The van der Waals surface area contributed by atoms with Gasteiger partial charge in [0.05, 0.1) is 17.1 Å². The summed E-state index contributed by atoms with van der Waals surface area (Å²) >= 11 is 0. The summed E-state index contributed by atoms with van der Waals surface area (Å²) in [6.45, 7) is 2.96. The van der Waals surface area contributed by atoms with Crippen molar-refractivity contribution in [2.75, 3.05) is 13.1 Å². The second-order valence-corrected chi connectivity index (χ2v) is 8.52. The van der Waals surface area contributed by atoms with Crippen molar-refractivity contribution in [3.63, 3.8) is 0 Å². The molecule has 0 amide bonds. The van der Waals surface area contributed by atoms with E-state index in [9.17, 15) is 8.42 Å². The van der Waals surface area contributed by atoms with E-state index in [1.54, 1.807) is 29.2 Å². The molecular weight excluding hydrogens is 348 g/mol. The van der Waals surface area contributed by atoms with Crippen molar-refractivity contribution in [2.24, 2.45) is 0 Å². The quantitative estimate of drug-likeness (QED) is 0.710. The van der Waals surface area contributed by atoms with Crippen LogP contribution < -0.4 is 0 Å². The van der Waals surface area contributed by atoms with E-state index in [1.165, 1.54) is 9.87 Å². The monoisotopic (exact) mass is 368 g/mol. The largest absolute Gasteiger partial charge is 0.248 e. The number of aromatic nitrogens is 3. The lowest BCUT2D eigenvalue weighted by Gasteiger charge is -2.17. The fourth-order valence-electron chi connectivity index (χ4n) is 3.35. The average molecular weight is 368 g/mol. The average Bonchev–Trinajstić information content (AvgIpc) is 3.33. The molecule has 134 valence electrons. The third-order valence-electron chi connectivity index (χ3n) is 4.78. The maximum atomic E-state index is 12.9. The molecule has 0 bridgehead atoms. The van der Waals surface area contributed by atoms with Crippen LogP contribution in [0.5, 0.6) is 0 Å². The first-order chi connectivity index (χ1) is 12.5. The highest BCUT2D eigenvalue weighted by Crippen LogP contribution is 2.28. The molecule has 0 spiro atoms.